The van der Waals surface area contributed by atoms with Crippen LogP contribution in [0.4, 0.5) is 0 Å². The molecule has 0 bridgehead atoms. The Balaban J connectivity index is 1.91. The molecule has 0 amide bonds. The summed E-state index contributed by atoms with van der Waals surface area (Å²) in [7, 11) is -2.12. The molecule has 0 atom stereocenters. The molecular formula is C15H16ClNO3S2. The minimum atomic E-state index is -3.57. The maximum atomic E-state index is 12.3. The predicted octanol–water partition coefficient (Wildman–Crippen LogP) is 3.42. The van der Waals surface area contributed by atoms with Gasteiger partial charge in [0.25, 0.3) is 0 Å². The second-order valence-corrected chi connectivity index (χ2v) is 7.69. The molecule has 0 aliphatic heterocycles. The molecule has 2 aromatic rings. The highest BCUT2D eigenvalue weighted by atomic mass is 35.5. The Kier molecular flexibility index (Phi) is 6.14. The number of para-hydroxylation sites is 1. The lowest BCUT2D eigenvalue weighted by Gasteiger charge is -2.10. The van der Waals surface area contributed by atoms with Crippen LogP contribution in [0.3, 0.4) is 0 Å². The fourth-order valence-corrected chi connectivity index (χ4v) is 4.02. The summed E-state index contributed by atoms with van der Waals surface area (Å²) in [5.74, 6) is 0.955. The number of nitrogens with one attached hydrogen (secondary N) is 1. The zero-order chi connectivity index (χ0) is 16.0. The molecule has 22 heavy (non-hydrogen) atoms. The molecule has 0 radical (unpaired) electrons. The van der Waals surface area contributed by atoms with Crippen LogP contribution in [0, 0.1) is 0 Å². The number of hydrogen-bond acceptors (Lipinski definition) is 4. The highest BCUT2D eigenvalue weighted by Gasteiger charge is 2.17. The van der Waals surface area contributed by atoms with E-state index in [-0.39, 0.29) is 4.90 Å². The first-order valence-corrected chi connectivity index (χ1v) is 9.38. The molecule has 0 saturated carbocycles. The third-order valence-corrected chi connectivity index (χ3v) is 5.60. The smallest absolute Gasteiger partial charge is 0.244 e. The molecule has 7 heteroatoms. The van der Waals surface area contributed by atoms with Gasteiger partial charge in [-0.05, 0) is 36.4 Å². The number of sulfonamides is 1. The van der Waals surface area contributed by atoms with E-state index in [1.54, 1.807) is 30.0 Å². The van der Waals surface area contributed by atoms with Crippen molar-refractivity contribution in [3.63, 3.8) is 0 Å². The molecule has 0 fully saturated rings. The Morgan fingerprint density at radius 2 is 1.82 bits per heavy atom. The monoisotopic (exact) mass is 357 g/mol. The average Bonchev–Trinajstić information content (AvgIpc) is 2.53. The molecule has 4 nitrogen and oxygen atoms in total. The summed E-state index contributed by atoms with van der Waals surface area (Å²) in [5.41, 5.74) is 0. The minimum Gasteiger partial charge on any atom is -0.495 e. The number of halogens is 1. The van der Waals surface area contributed by atoms with Crippen LogP contribution in [0.15, 0.2) is 58.3 Å². The minimum absolute atomic E-state index is 0.147. The van der Waals surface area contributed by atoms with Gasteiger partial charge in [-0.3, -0.25) is 0 Å². The Bertz CT molecular complexity index is 718. The molecule has 0 unspecified atom stereocenters. The molecular weight excluding hydrogens is 342 g/mol. The maximum Gasteiger partial charge on any atom is 0.244 e. The van der Waals surface area contributed by atoms with E-state index in [1.807, 2.05) is 24.3 Å². The Morgan fingerprint density at radius 3 is 2.50 bits per heavy atom. The van der Waals surface area contributed by atoms with Crippen molar-refractivity contribution >= 4 is 33.4 Å². The first-order chi connectivity index (χ1) is 10.5. The van der Waals surface area contributed by atoms with Crippen molar-refractivity contribution in [2.75, 3.05) is 19.4 Å². The van der Waals surface area contributed by atoms with Crippen molar-refractivity contribution in [3.8, 4) is 5.75 Å². The topological polar surface area (TPSA) is 55.4 Å². The van der Waals surface area contributed by atoms with E-state index in [2.05, 4.69) is 4.72 Å². The molecule has 1 N–H and O–H groups in total. The first-order valence-electron chi connectivity index (χ1n) is 6.54. The lowest BCUT2D eigenvalue weighted by atomic mass is 10.3. The van der Waals surface area contributed by atoms with Crippen LogP contribution in [0.25, 0.3) is 0 Å². The van der Waals surface area contributed by atoms with Crippen LogP contribution in [0.5, 0.6) is 5.75 Å². The van der Waals surface area contributed by atoms with Crippen LogP contribution in [0.1, 0.15) is 0 Å². The average molecular weight is 358 g/mol. The van der Waals surface area contributed by atoms with E-state index >= 15 is 0 Å². The maximum absolute atomic E-state index is 12.3. The molecule has 0 saturated heterocycles. The van der Waals surface area contributed by atoms with Crippen LogP contribution in [-0.2, 0) is 10.0 Å². The van der Waals surface area contributed by atoms with Gasteiger partial charge in [-0.1, -0.05) is 23.7 Å². The van der Waals surface area contributed by atoms with Crippen molar-refractivity contribution in [2.45, 2.75) is 9.79 Å². The largest absolute Gasteiger partial charge is 0.495 e. The van der Waals surface area contributed by atoms with Gasteiger partial charge in [0.15, 0.2) is 0 Å². The van der Waals surface area contributed by atoms with Crippen molar-refractivity contribution < 1.29 is 13.2 Å². The normalized spacial score (nSPS) is 11.4. The Morgan fingerprint density at radius 1 is 1.14 bits per heavy atom. The van der Waals surface area contributed by atoms with Gasteiger partial charge in [0.2, 0.25) is 10.0 Å². The van der Waals surface area contributed by atoms with Gasteiger partial charge in [0.1, 0.15) is 10.6 Å². The molecule has 0 aliphatic rings. The second-order valence-electron chi connectivity index (χ2n) is 4.35. The molecule has 2 aromatic carbocycles. The summed E-state index contributed by atoms with van der Waals surface area (Å²) in [6, 6.07) is 14.0. The van der Waals surface area contributed by atoms with Crippen molar-refractivity contribution in [1.82, 2.24) is 4.72 Å². The van der Waals surface area contributed by atoms with Gasteiger partial charge in [0, 0.05) is 22.2 Å². The molecule has 0 heterocycles. The summed E-state index contributed by atoms with van der Waals surface area (Å²) in [6.45, 7) is 0.327. The first kappa shape index (κ1) is 17.1. The molecule has 0 aliphatic carbocycles. The van der Waals surface area contributed by atoms with Crippen LogP contribution < -0.4 is 9.46 Å². The zero-order valence-electron chi connectivity index (χ0n) is 12.0. The Labute approximate surface area is 139 Å². The van der Waals surface area contributed by atoms with Crippen molar-refractivity contribution in [1.29, 1.82) is 0 Å². The summed E-state index contributed by atoms with van der Waals surface area (Å²) in [6.07, 6.45) is 0. The number of benzene rings is 2. The van der Waals surface area contributed by atoms with Crippen molar-refractivity contribution in [3.05, 3.63) is 53.6 Å². The van der Waals surface area contributed by atoms with E-state index in [4.69, 9.17) is 16.3 Å². The van der Waals surface area contributed by atoms with Crippen LogP contribution in [0.2, 0.25) is 5.02 Å². The molecule has 118 valence electrons. The van der Waals surface area contributed by atoms with Gasteiger partial charge in [0.05, 0.1) is 7.11 Å². The van der Waals surface area contributed by atoms with E-state index in [1.165, 1.54) is 13.2 Å². The highest BCUT2D eigenvalue weighted by molar-refractivity contribution is 7.99. The fraction of sp³-hybridized carbons (Fsp3) is 0.200. The third kappa shape index (κ3) is 4.64. The quantitative estimate of drug-likeness (QED) is 0.609. The van der Waals surface area contributed by atoms with Crippen molar-refractivity contribution in [2.24, 2.45) is 0 Å². The van der Waals surface area contributed by atoms with Crippen LogP contribution in [-0.4, -0.2) is 27.8 Å². The Hall–Kier alpha value is -1.21. The van der Waals surface area contributed by atoms with Crippen LogP contribution >= 0.6 is 23.4 Å². The lowest BCUT2D eigenvalue weighted by molar-refractivity contribution is 0.402. The van der Waals surface area contributed by atoms with Gasteiger partial charge in [-0.15, -0.1) is 11.8 Å². The van der Waals surface area contributed by atoms with Gasteiger partial charge >= 0.3 is 0 Å². The summed E-state index contributed by atoms with van der Waals surface area (Å²) in [5, 5.41) is 0.682. The van der Waals surface area contributed by atoms with E-state index in [9.17, 15) is 8.42 Å². The highest BCUT2D eigenvalue weighted by Crippen LogP contribution is 2.23. The number of hydrogen-bond donors (Lipinski definition) is 1. The number of methoxy groups -OCH3 is 1. The summed E-state index contributed by atoms with van der Waals surface area (Å²) < 4.78 is 32.2. The standard InChI is InChI=1S/C15H16ClNO3S2/c1-20-14-4-2-3-5-15(14)22(18,19)17-10-11-21-13-8-6-12(16)7-9-13/h2-9,17H,10-11H2,1H3. The number of rotatable bonds is 7. The zero-order valence-corrected chi connectivity index (χ0v) is 14.3. The summed E-state index contributed by atoms with van der Waals surface area (Å²) >= 11 is 7.37. The van der Waals surface area contributed by atoms with E-state index in [0.29, 0.717) is 23.1 Å². The fourth-order valence-electron chi connectivity index (χ4n) is 1.79. The van der Waals surface area contributed by atoms with E-state index < -0.39 is 10.0 Å². The summed E-state index contributed by atoms with van der Waals surface area (Å²) in [4.78, 5) is 1.19. The van der Waals surface area contributed by atoms with Gasteiger partial charge in [-0.2, -0.15) is 0 Å². The molecule has 0 spiro atoms. The van der Waals surface area contributed by atoms with Gasteiger partial charge < -0.3 is 4.74 Å². The predicted molar refractivity (Wildman–Crippen MR) is 90.4 cm³/mol. The number of ether oxygens (including phenoxy) is 1. The van der Waals surface area contributed by atoms with Gasteiger partial charge in [-0.25, -0.2) is 13.1 Å². The second kappa shape index (κ2) is 7.87. The molecule has 0 aromatic heterocycles. The lowest BCUT2D eigenvalue weighted by Crippen LogP contribution is -2.26. The van der Waals surface area contributed by atoms with E-state index in [0.717, 1.165) is 4.90 Å². The SMILES string of the molecule is COc1ccccc1S(=O)(=O)NCCSc1ccc(Cl)cc1. The molecule has 2 rings (SSSR count). The number of thioether (sulfide) groups is 1. The third-order valence-electron chi connectivity index (χ3n) is 2.84.